The summed E-state index contributed by atoms with van der Waals surface area (Å²) in [5.74, 6) is -0.187. The standard InChI is InChI=1S/C23H28N4O6S/c1-16-13-17(2)15-26(14-16)34(32,33)21-9-5-19(6-10-21)25-22(28)11-12-24-23(29)18-3-7-20(8-4-18)27(30)31/h3-10,16-17H,11-15H2,1-2H3,(H,24,29)(H,25,28)/t16-,17-/m0/s1. The molecule has 0 aliphatic carbocycles. The zero-order chi connectivity index (χ0) is 24.9. The van der Waals surface area contributed by atoms with Gasteiger partial charge in [-0.15, -0.1) is 0 Å². The Morgan fingerprint density at radius 3 is 2.18 bits per heavy atom. The highest BCUT2D eigenvalue weighted by atomic mass is 32.2. The lowest BCUT2D eigenvalue weighted by Gasteiger charge is -2.34. The number of amides is 2. The highest BCUT2D eigenvalue weighted by Gasteiger charge is 2.31. The van der Waals surface area contributed by atoms with E-state index in [-0.39, 0.29) is 35.0 Å². The van der Waals surface area contributed by atoms with Crippen molar-refractivity contribution >= 4 is 33.2 Å². The van der Waals surface area contributed by atoms with Gasteiger partial charge in [0.2, 0.25) is 15.9 Å². The molecule has 1 aliphatic heterocycles. The first-order valence-electron chi connectivity index (χ1n) is 11.0. The minimum absolute atomic E-state index is 0.00231. The Bertz CT molecular complexity index is 1140. The molecule has 34 heavy (non-hydrogen) atoms. The van der Waals surface area contributed by atoms with Gasteiger partial charge in [0.25, 0.3) is 11.6 Å². The van der Waals surface area contributed by atoms with Crippen LogP contribution < -0.4 is 10.6 Å². The van der Waals surface area contributed by atoms with Crippen molar-refractivity contribution in [3.63, 3.8) is 0 Å². The highest BCUT2D eigenvalue weighted by molar-refractivity contribution is 7.89. The van der Waals surface area contributed by atoms with Gasteiger partial charge in [-0.2, -0.15) is 4.31 Å². The SMILES string of the molecule is C[C@H]1C[C@H](C)CN(S(=O)(=O)c2ccc(NC(=O)CCNC(=O)c3ccc([N+](=O)[O-])cc3)cc2)C1. The molecule has 0 unspecified atom stereocenters. The van der Waals surface area contributed by atoms with E-state index >= 15 is 0 Å². The molecular formula is C23H28N4O6S. The Labute approximate surface area is 198 Å². The summed E-state index contributed by atoms with van der Waals surface area (Å²) in [5, 5.41) is 15.9. The molecule has 1 saturated heterocycles. The van der Waals surface area contributed by atoms with Crippen LogP contribution in [0.4, 0.5) is 11.4 Å². The fraction of sp³-hybridized carbons (Fsp3) is 0.391. The Morgan fingerprint density at radius 2 is 1.62 bits per heavy atom. The summed E-state index contributed by atoms with van der Waals surface area (Å²) in [6, 6.07) is 11.2. The van der Waals surface area contributed by atoms with Crippen LogP contribution in [0.15, 0.2) is 53.4 Å². The summed E-state index contributed by atoms with van der Waals surface area (Å²) >= 11 is 0. The van der Waals surface area contributed by atoms with Crippen molar-refractivity contribution in [2.24, 2.45) is 11.8 Å². The number of nitro groups is 1. The molecule has 1 heterocycles. The smallest absolute Gasteiger partial charge is 0.269 e. The van der Waals surface area contributed by atoms with Gasteiger partial charge in [0, 0.05) is 49.4 Å². The molecule has 10 nitrogen and oxygen atoms in total. The number of carbonyl (C=O) groups is 2. The average molecular weight is 489 g/mol. The van der Waals surface area contributed by atoms with Crippen LogP contribution >= 0.6 is 0 Å². The first kappa shape index (κ1) is 25.3. The van der Waals surface area contributed by atoms with Gasteiger partial charge in [-0.1, -0.05) is 13.8 Å². The molecule has 0 radical (unpaired) electrons. The summed E-state index contributed by atoms with van der Waals surface area (Å²) in [4.78, 5) is 34.6. The van der Waals surface area contributed by atoms with Crippen molar-refractivity contribution in [2.45, 2.75) is 31.6 Å². The molecule has 2 aromatic rings. The van der Waals surface area contributed by atoms with E-state index in [0.717, 1.165) is 6.42 Å². The van der Waals surface area contributed by atoms with Crippen LogP contribution in [0.5, 0.6) is 0 Å². The monoisotopic (exact) mass is 488 g/mol. The molecule has 0 bridgehead atoms. The average Bonchev–Trinajstić information content (AvgIpc) is 2.78. The van der Waals surface area contributed by atoms with Crippen LogP contribution in [0.3, 0.4) is 0 Å². The summed E-state index contributed by atoms with van der Waals surface area (Å²) in [5.41, 5.74) is 0.584. The Balaban J connectivity index is 1.50. The summed E-state index contributed by atoms with van der Waals surface area (Å²) in [6.45, 7) is 5.16. The maximum Gasteiger partial charge on any atom is 0.269 e. The highest BCUT2D eigenvalue weighted by Crippen LogP contribution is 2.27. The lowest BCUT2D eigenvalue weighted by molar-refractivity contribution is -0.384. The molecule has 2 amide bonds. The Hall–Kier alpha value is -3.31. The molecule has 1 aliphatic rings. The van der Waals surface area contributed by atoms with E-state index in [4.69, 9.17) is 0 Å². The third-order valence-corrected chi connectivity index (χ3v) is 7.43. The summed E-state index contributed by atoms with van der Waals surface area (Å²) in [6.07, 6.45) is 1.01. The van der Waals surface area contributed by atoms with Crippen LogP contribution in [-0.4, -0.2) is 49.1 Å². The van der Waals surface area contributed by atoms with Crippen molar-refractivity contribution in [1.82, 2.24) is 9.62 Å². The number of anilines is 1. The Morgan fingerprint density at radius 1 is 1.03 bits per heavy atom. The predicted octanol–water partition coefficient (Wildman–Crippen LogP) is 3.02. The molecule has 2 atom stereocenters. The molecule has 182 valence electrons. The van der Waals surface area contributed by atoms with Gasteiger partial charge in [-0.05, 0) is 54.7 Å². The maximum absolute atomic E-state index is 13.0. The number of non-ortho nitro benzene ring substituents is 1. The van der Waals surface area contributed by atoms with Gasteiger partial charge in [0.15, 0.2) is 0 Å². The van der Waals surface area contributed by atoms with E-state index in [1.54, 1.807) is 0 Å². The second-order valence-corrected chi connectivity index (χ2v) is 10.6. The molecular weight excluding hydrogens is 460 g/mol. The number of carbonyl (C=O) groups excluding carboxylic acids is 2. The molecule has 2 aromatic carbocycles. The topological polar surface area (TPSA) is 139 Å². The lowest BCUT2D eigenvalue weighted by Crippen LogP contribution is -2.42. The van der Waals surface area contributed by atoms with Gasteiger partial charge < -0.3 is 10.6 Å². The Kier molecular flexibility index (Phi) is 8.00. The minimum atomic E-state index is -3.59. The predicted molar refractivity (Wildman–Crippen MR) is 127 cm³/mol. The summed E-state index contributed by atoms with van der Waals surface area (Å²) in [7, 11) is -3.59. The fourth-order valence-corrected chi connectivity index (χ4v) is 5.69. The molecule has 11 heteroatoms. The van der Waals surface area contributed by atoms with Crippen LogP contribution in [0, 0.1) is 22.0 Å². The second kappa shape index (κ2) is 10.7. The van der Waals surface area contributed by atoms with Crippen molar-refractivity contribution in [3.05, 3.63) is 64.2 Å². The van der Waals surface area contributed by atoms with E-state index in [0.29, 0.717) is 30.6 Å². The van der Waals surface area contributed by atoms with Crippen molar-refractivity contribution in [3.8, 4) is 0 Å². The zero-order valence-electron chi connectivity index (χ0n) is 19.1. The van der Waals surface area contributed by atoms with E-state index in [9.17, 15) is 28.1 Å². The maximum atomic E-state index is 13.0. The molecule has 1 fully saturated rings. The van der Waals surface area contributed by atoms with Crippen LogP contribution in [-0.2, 0) is 14.8 Å². The minimum Gasteiger partial charge on any atom is -0.352 e. The number of nitrogens with zero attached hydrogens (tertiary/aromatic N) is 2. The van der Waals surface area contributed by atoms with Gasteiger partial charge >= 0.3 is 0 Å². The zero-order valence-corrected chi connectivity index (χ0v) is 19.9. The van der Waals surface area contributed by atoms with Crippen LogP contribution in [0.1, 0.15) is 37.0 Å². The fourth-order valence-electron chi connectivity index (χ4n) is 4.01. The summed E-state index contributed by atoms with van der Waals surface area (Å²) < 4.78 is 27.4. The van der Waals surface area contributed by atoms with E-state index in [1.165, 1.54) is 52.8 Å². The third-order valence-electron chi connectivity index (χ3n) is 5.59. The van der Waals surface area contributed by atoms with Gasteiger partial charge in [-0.3, -0.25) is 19.7 Å². The number of rotatable bonds is 8. The molecule has 0 aromatic heterocycles. The lowest BCUT2D eigenvalue weighted by atomic mass is 9.94. The largest absolute Gasteiger partial charge is 0.352 e. The first-order valence-corrected chi connectivity index (χ1v) is 12.4. The second-order valence-electron chi connectivity index (χ2n) is 8.65. The number of nitrogens with one attached hydrogen (secondary N) is 2. The normalized spacial score (nSPS) is 18.8. The first-order chi connectivity index (χ1) is 16.1. The molecule has 2 N–H and O–H groups in total. The molecule has 3 rings (SSSR count). The number of hydrogen-bond acceptors (Lipinski definition) is 6. The number of piperidine rings is 1. The van der Waals surface area contributed by atoms with Crippen LogP contribution in [0.2, 0.25) is 0 Å². The molecule has 0 saturated carbocycles. The number of benzene rings is 2. The van der Waals surface area contributed by atoms with E-state index in [2.05, 4.69) is 10.6 Å². The third kappa shape index (κ3) is 6.39. The van der Waals surface area contributed by atoms with Crippen molar-refractivity contribution < 1.29 is 22.9 Å². The van der Waals surface area contributed by atoms with E-state index < -0.39 is 20.9 Å². The van der Waals surface area contributed by atoms with E-state index in [1.807, 2.05) is 13.8 Å². The van der Waals surface area contributed by atoms with Gasteiger partial charge in [0.1, 0.15) is 0 Å². The quantitative estimate of drug-likeness (QED) is 0.433. The molecule has 0 spiro atoms. The van der Waals surface area contributed by atoms with Crippen molar-refractivity contribution in [2.75, 3.05) is 25.0 Å². The van der Waals surface area contributed by atoms with Crippen molar-refractivity contribution in [1.29, 1.82) is 0 Å². The number of sulfonamides is 1. The number of hydrogen-bond donors (Lipinski definition) is 2. The number of nitro benzene ring substituents is 1. The van der Waals surface area contributed by atoms with Crippen LogP contribution in [0.25, 0.3) is 0 Å². The van der Waals surface area contributed by atoms with Gasteiger partial charge in [0.05, 0.1) is 9.82 Å². The van der Waals surface area contributed by atoms with Gasteiger partial charge in [-0.25, -0.2) is 8.42 Å².